The molecule has 2 aromatic carbocycles. The summed E-state index contributed by atoms with van der Waals surface area (Å²) in [4.78, 5) is 12.4. The van der Waals surface area contributed by atoms with Crippen LogP contribution in [0.4, 0.5) is 13.2 Å². The van der Waals surface area contributed by atoms with Crippen molar-refractivity contribution in [2.45, 2.75) is 31.9 Å². The third kappa shape index (κ3) is 5.66. The standard InChI is InChI=1S/C21H20F3NO/c1-2-8-19(17-11-4-3-5-12-17)20(26)25-14-7-10-16-9-6-13-18(15-16)21(22,23)24/h3-6,9,11-13,15,19H,2,8,14H2,1H3,(H,25,26). The number of carbonyl (C=O) groups is 1. The normalized spacial score (nSPS) is 12.0. The molecule has 0 saturated carbocycles. The van der Waals surface area contributed by atoms with Gasteiger partial charge < -0.3 is 5.32 Å². The Kier molecular flexibility index (Phi) is 6.85. The van der Waals surface area contributed by atoms with Crippen LogP contribution in [0, 0.1) is 11.8 Å². The van der Waals surface area contributed by atoms with Crippen molar-refractivity contribution in [2.24, 2.45) is 0 Å². The lowest BCUT2D eigenvalue weighted by molar-refractivity contribution is -0.137. The summed E-state index contributed by atoms with van der Waals surface area (Å²) in [6.45, 7) is 2.10. The smallest absolute Gasteiger partial charge is 0.345 e. The topological polar surface area (TPSA) is 29.1 Å². The molecule has 136 valence electrons. The van der Waals surface area contributed by atoms with Gasteiger partial charge in [-0.15, -0.1) is 0 Å². The van der Waals surface area contributed by atoms with Gasteiger partial charge in [-0.1, -0.05) is 61.6 Å². The number of alkyl halides is 3. The first-order valence-electron chi connectivity index (χ1n) is 8.40. The second-order valence-corrected chi connectivity index (χ2v) is 5.85. The average Bonchev–Trinajstić information content (AvgIpc) is 2.63. The molecule has 0 bridgehead atoms. The fraction of sp³-hybridized carbons (Fsp3) is 0.286. The summed E-state index contributed by atoms with van der Waals surface area (Å²) in [5, 5.41) is 2.75. The first-order valence-corrected chi connectivity index (χ1v) is 8.40. The number of hydrogen-bond acceptors (Lipinski definition) is 1. The molecule has 26 heavy (non-hydrogen) atoms. The van der Waals surface area contributed by atoms with Gasteiger partial charge >= 0.3 is 6.18 Å². The van der Waals surface area contributed by atoms with Crippen molar-refractivity contribution in [3.63, 3.8) is 0 Å². The van der Waals surface area contributed by atoms with E-state index in [-0.39, 0.29) is 23.9 Å². The summed E-state index contributed by atoms with van der Waals surface area (Å²) in [7, 11) is 0. The van der Waals surface area contributed by atoms with Gasteiger partial charge in [0, 0.05) is 5.56 Å². The first kappa shape index (κ1) is 19.6. The maximum absolute atomic E-state index is 12.7. The highest BCUT2D eigenvalue weighted by atomic mass is 19.4. The van der Waals surface area contributed by atoms with E-state index in [4.69, 9.17) is 0 Å². The van der Waals surface area contributed by atoms with Crippen LogP contribution in [0.15, 0.2) is 54.6 Å². The van der Waals surface area contributed by atoms with Crippen LogP contribution in [0.25, 0.3) is 0 Å². The van der Waals surface area contributed by atoms with Crippen molar-refractivity contribution >= 4 is 5.91 Å². The van der Waals surface area contributed by atoms with Gasteiger partial charge in [0.05, 0.1) is 18.0 Å². The Bertz CT molecular complexity index is 788. The average molecular weight is 359 g/mol. The number of amides is 1. The maximum Gasteiger partial charge on any atom is 0.416 e. The van der Waals surface area contributed by atoms with Crippen molar-refractivity contribution in [1.82, 2.24) is 5.32 Å². The van der Waals surface area contributed by atoms with Crippen LogP contribution in [0.2, 0.25) is 0 Å². The molecular weight excluding hydrogens is 339 g/mol. The second-order valence-electron chi connectivity index (χ2n) is 5.85. The van der Waals surface area contributed by atoms with Gasteiger partial charge in [-0.3, -0.25) is 4.79 Å². The molecule has 1 amide bonds. The summed E-state index contributed by atoms with van der Waals surface area (Å²) < 4.78 is 38.0. The minimum absolute atomic E-state index is 0.0854. The van der Waals surface area contributed by atoms with Gasteiger partial charge in [0.15, 0.2) is 0 Å². The summed E-state index contributed by atoms with van der Waals surface area (Å²) >= 11 is 0. The predicted molar refractivity (Wildman–Crippen MR) is 95.4 cm³/mol. The molecule has 0 spiro atoms. The minimum Gasteiger partial charge on any atom is -0.345 e. The number of carbonyl (C=O) groups excluding carboxylic acids is 1. The molecule has 5 heteroatoms. The van der Waals surface area contributed by atoms with E-state index in [1.165, 1.54) is 12.1 Å². The van der Waals surface area contributed by atoms with Gasteiger partial charge in [0.2, 0.25) is 5.91 Å². The van der Waals surface area contributed by atoms with Crippen molar-refractivity contribution in [3.8, 4) is 11.8 Å². The third-order valence-corrected chi connectivity index (χ3v) is 3.87. The molecule has 0 aliphatic rings. The highest BCUT2D eigenvalue weighted by molar-refractivity contribution is 5.83. The summed E-state index contributed by atoms with van der Waals surface area (Å²) in [5.74, 6) is 4.99. The van der Waals surface area contributed by atoms with Crippen LogP contribution >= 0.6 is 0 Å². The Hall–Kier alpha value is -2.74. The van der Waals surface area contributed by atoms with Crippen LogP contribution in [0.3, 0.4) is 0 Å². The van der Waals surface area contributed by atoms with Gasteiger partial charge in [-0.25, -0.2) is 0 Å². The molecule has 0 saturated heterocycles. The molecule has 2 rings (SSSR count). The number of hydrogen-bond donors (Lipinski definition) is 1. The Morgan fingerprint density at radius 3 is 2.50 bits per heavy atom. The molecule has 0 aliphatic heterocycles. The maximum atomic E-state index is 12.7. The zero-order valence-corrected chi connectivity index (χ0v) is 14.4. The van der Waals surface area contributed by atoms with E-state index in [1.54, 1.807) is 0 Å². The van der Waals surface area contributed by atoms with E-state index in [1.807, 2.05) is 37.3 Å². The Balaban J connectivity index is 1.99. The molecule has 0 heterocycles. The van der Waals surface area contributed by atoms with Gasteiger partial charge in [0.1, 0.15) is 0 Å². The van der Waals surface area contributed by atoms with Crippen molar-refractivity contribution < 1.29 is 18.0 Å². The molecule has 0 aromatic heterocycles. The first-order chi connectivity index (χ1) is 12.4. The zero-order valence-electron chi connectivity index (χ0n) is 14.4. The van der Waals surface area contributed by atoms with Crippen molar-refractivity contribution in [1.29, 1.82) is 0 Å². The molecule has 0 radical (unpaired) electrons. The van der Waals surface area contributed by atoms with Gasteiger partial charge in [0.25, 0.3) is 0 Å². The van der Waals surface area contributed by atoms with Crippen LogP contribution in [-0.4, -0.2) is 12.5 Å². The Labute approximate surface area is 151 Å². The molecular formula is C21H20F3NO. The van der Waals surface area contributed by atoms with E-state index in [2.05, 4.69) is 17.2 Å². The van der Waals surface area contributed by atoms with E-state index in [0.29, 0.717) is 0 Å². The predicted octanol–water partition coefficient (Wildman–Crippen LogP) is 4.76. The third-order valence-electron chi connectivity index (χ3n) is 3.87. The van der Waals surface area contributed by atoms with E-state index in [9.17, 15) is 18.0 Å². The monoisotopic (exact) mass is 359 g/mol. The number of halogens is 3. The lowest BCUT2D eigenvalue weighted by Gasteiger charge is -2.15. The fourth-order valence-electron chi connectivity index (χ4n) is 2.60. The molecule has 0 aliphatic carbocycles. The molecule has 1 N–H and O–H groups in total. The lowest BCUT2D eigenvalue weighted by Crippen LogP contribution is -2.29. The summed E-state index contributed by atoms with van der Waals surface area (Å²) in [6, 6.07) is 14.3. The van der Waals surface area contributed by atoms with E-state index < -0.39 is 11.7 Å². The Morgan fingerprint density at radius 2 is 1.85 bits per heavy atom. The summed E-state index contributed by atoms with van der Waals surface area (Å²) in [6.07, 6.45) is -2.81. The molecule has 2 nitrogen and oxygen atoms in total. The second kappa shape index (κ2) is 9.10. The Morgan fingerprint density at radius 1 is 1.12 bits per heavy atom. The van der Waals surface area contributed by atoms with Crippen molar-refractivity contribution in [2.75, 3.05) is 6.54 Å². The molecule has 1 unspecified atom stereocenters. The SMILES string of the molecule is CCCC(C(=O)NCC#Cc1cccc(C(F)(F)F)c1)c1ccccc1. The van der Waals surface area contributed by atoms with Gasteiger partial charge in [-0.2, -0.15) is 13.2 Å². The molecule has 1 atom stereocenters. The molecule has 0 fully saturated rings. The number of benzene rings is 2. The van der Waals surface area contributed by atoms with Crippen LogP contribution in [-0.2, 0) is 11.0 Å². The highest BCUT2D eigenvalue weighted by Crippen LogP contribution is 2.29. The highest BCUT2D eigenvalue weighted by Gasteiger charge is 2.30. The zero-order chi connectivity index (χ0) is 19.0. The fourth-order valence-corrected chi connectivity index (χ4v) is 2.60. The van der Waals surface area contributed by atoms with Crippen LogP contribution in [0.1, 0.15) is 42.4 Å². The molecule has 2 aromatic rings. The lowest BCUT2D eigenvalue weighted by atomic mass is 9.94. The summed E-state index contributed by atoms with van der Waals surface area (Å²) in [5.41, 5.74) is 0.473. The van der Waals surface area contributed by atoms with Crippen LogP contribution < -0.4 is 5.32 Å². The van der Waals surface area contributed by atoms with Crippen molar-refractivity contribution in [3.05, 3.63) is 71.3 Å². The van der Waals surface area contributed by atoms with Gasteiger partial charge in [-0.05, 0) is 30.2 Å². The number of rotatable bonds is 5. The van der Waals surface area contributed by atoms with E-state index in [0.717, 1.165) is 30.5 Å². The van der Waals surface area contributed by atoms with Crippen LogP contribution in [0.5, 0.6) is 0 Å². The van der Waals surface area contributed by atoms with E-state index >= 15 is 0 Å². The quantitative estimate of drug-likeness (QED) is 0.767. The largest absolute Gasteiger partial charge is 0.416 e. The minimum atomic E-state index is -4.39. The number of nitrogens with one attached hydrogen (secondary N) is 1.